The van der Waals surface area contributed by atoms with Crippen molar-refractivity contribution in [2.24, 2.45) is 0 Å². The molecular weight excluding hydrogens is 374 g/mol. The largest absolute Gasteiger partial charge is 0.336 e. The van der Waals surface area contributed by atoms with Gasteiger partial charge < -0.3 is 9.80 Å². The lowest BCUT2D eigenvalue weighted by Crippen LogP contribution is -2.48. The molecule has 0 aliphatic carbocycles. The number of likely N-dealkylation sites (tertiary alicyclic amines) is 1. The number of hydrogen-bond acceptors (Lipinski definition) is 4. The molecule has 0 aromatic heterocycles. The maximum absolute atomic E-state index is 13.3. The van der Waals surface area contributed by atoms with Gasteiger partial charge in [-0.2, -0.15) is 4.31 Å². The first kappa shape index (κ1) is 19.1. The Labute approximate surface area is 166 Å². The molecule has 0 N–H and O–H groups in total. The molecular formula is C21H25N3O3S. The molecule has 1 saturated heterocycles. The third-order valence-corrected chi connectivity index (χ3v) is 7.76. The molecule has 0 bridgehead atoms. The summed E-state index contributed by atoms with van der Waals surface area (Å²) in [6, 6.07) is 16.4. The summed E-state index contributed by atoms with van der Waals surface area (Å²) in [6.45, 7) is 1.94. The summed E-state index contributed by atoms with van der Waals surface area (Å²) in [5, 5.41) is 0. The fraction of sp³-hybridized carbons (Fsp3) is 0.381. The van der Waals surface area contributed by atoms with Gasteiger partial charge in [0.15, 0.2) is 0 Å². The molecule has 1 atom stereocenters. The van der Waals surface area contributed by atoms with Gasteiger partial charge in [-0.1, -0.05) is 36.4 Å². The Bertz CT molecular complexity index is 991. The number of rotatable bonds is 4. The molecule has 1 fully saturated rings. The van der Waals surface area contributed by atoms with E-state index in [1.807, 2.05) is 49.3 Å². The third kappa shape index (κ3) is 2.94. The maximum Gasteiger partial charge on any atom is 0.253 e. The van der Waals surface area contributed by atoms with Crippen molar-refractivity contribution < 1.29 is 13.2 Å². The highest BCUT2D eigenvalue weighted by Gasteiger charge is 2.57. The van der Waals surface area contributed by atoms with Crippen molar-refractivity contribution in [1.29, 1.82) is 0 Å². The molecule has 28 heavy (non-hydrogen) atoms. The lowest BCUT2D eigenvalue weighted by atomic mass is 9.89. The van der Waals surface area contributed by atoms with Crippen LogP contribution in [-0.4, -0.2) is 68.7 Å². The number of carbonyl (C=O) groups is 1. The smallest absolute Gasteiger partial charge is 0.253 e. The molecule has 2 aromatic rings. The van der Waals surface area contributed by atoms with Gasteiger partial charge in [0.1, 0.15) is 0 Å². The number of hydrogen-bond donors (Lipinski definition) is 0. The minimum Gasteiger partial charge on any atom is -0.336 e. The van der Waals surface area contributed by atoms with Crippen molar-refractivity contribution >= 4 is 15.9 Å². The molecule has 2 aliphatic rings. The van der Waals surface area contributed by atoms with Crippen LogP contribution in [0.2, 0.25) is 0 Å². The maximum atomic E-state index is 13.3. The van der Waals surface area contributed by atoms with E-state index < -0.39 is 15.6 Å². The first-order valence-electron chi connectivity index (χ1n) is 9.48. The molecule has 0 saturated carbocycles. The van der Waals surface area contributed by atoms with Crippen molar-refractivity contribution in [3.8, 4) is 0 Å². The van der Waals surface area contributed by atoms with E-state index in [0.717, 1.165) is 5.56 Å². The summed E-state index contributed by atoms with van der Waals surface area (Å²) >= 11 is 0. The van der Waals surface area contributed by atoms with Gasteiger partial charge in [-0.05, 0) is 44.3 Å². The molecule has 4 rings (SSSR count). The number of sulfonamides is 1. The van der Waals surface area contributed by atoms with Crippen LogP contribution in [-0.2, 0) is 15.6 Å². The van der Waals surface area contributed by atoms with Crippen molar-refractivity contribution in [2.75, 3.05) is 40.3 Å². The number of amides is 1. The summed E-state index contributed by atoms with van der Waals surface area (Å²) < 4.78 is 28.2. The van der Waals surface area contributed by atoms with Crippen LogP contribution in [0.15, 0.2) is 59.5 Å². The number of likely N-dealkylation sites (N-methyl/N-ethyl adjacent to an activating group) is 1. The molecule has 0 radical (unpaired) electrons. The standard InChI is InChI=1S/C21H25N3O3S/c1-22(2)14-15-24-21(18-10-6-7-11-19(18)28(24,26)27)12-13-23(16-21)20(25)17-8-4-3-5-9-17/h3-11H,12-16H2,1-2H3. The van der Waals surface area contributed by atoms with E-state index >= 15 is 0 Å². The molecule has 6 nitrogen and oxygen atoms in total. The van der Waals surface area contributed by atoms with Crippen LogP contribution in [0, 0.1) is 0 Å². The molecule has 1 amide bonds. The minimum absolute atomic E-state index is 0.0492. The van der Waals surface area contributed by atoms with E-state index in [1.165, 1.54) is 0 Å². The summed E-state index contributed by atoms with van der Waals surface area (Å²) in [5.41, 5.74) is 0.765. The summed E-state index contributed by atoms with van der Waals surface area (Å²) in [6.07, 6.45) is 0.606. The Morgan fingerprint density at radius 1 is 1.07 bits per heavy atom. The Balaban J connectivity index is 1.72. The highest BCUT2D eigenvalue weighted by atomic mass is 32.2. The zero-order valence-electron chi connectivity index (χ0n) is 16.2. The summed E-state index contributed by atoms with van der Waals surface area (Å²) in [5.74, 6) is -0.0492. The van der Waals surface area contributed by atoms with E-state index in [2.05, 4.69) is 0 Å². The van der Waals surface area contributed by atoms with Gasteiger partial charge in [0, 0.05) is 31.7 Å². The van der Waals surface area contributed by atoms with Crippen LogP contribution in [0.4, 0.5) is 0 Å². The van der Waals surface area contributed by atoms with Gasteiger partial charge >= 0.3 is 0 Å². The quantitative estimate of drug-likeness (QED) is 0.789. The number of carbonyl (C=O) groups excluding carboxylic acids is 1. The first-order valence-corrected chi connectivity index (χ1v) is 10.9. The highest BCUT2D eigenvalue weighted by molar-refractivity contribution is 7.89. The zero-order valence-corrected chi connectivity index (χ0v) is 17.0. The minimum atomic E-state index is -3.58. The third-order valence-electron chi connectivity index (χ3n) is 5.74. The Morgan fingerprint density at radius 2 is 1.75 bits per heavy atom. The van der Waals surface area contributed by atoms with Crippen molar-refractivity contribution in [1.82, 2.24) is 14.1 Å². The second kappa shape index (κ2) is 6.99. The fourth-order valence-electron chi connectivity index (χ4n) is 4.34. The SMILES string of the molecule is CN(C)CCN1C2(CCN(C(=O)c3ccccc3)C2)c2ccccc2S1(=O)=O. The van der Waals surface area contributed by atoms with Gasteiger partial charge in [0.25, 0.3) is 5.91 Å². The molecule has 1 spiro atoms. The second-order valence-electron chi connectivity index (χ2n) is 7.75. The molecule has 2 aliphatic heterocycles. The van der Waals surface area contributed by atoms with Crippen LogP contribution >= 0.6 is 0 Å². The van der Waals surface area contributed by atoms with Crippen LogP contribution in [0.25, 0.3) is 0 Å². The second-order valence-corrected chi connectivity index (χ2v) is 9.58. The zero-order chi connectivity index (χ0) is 19.9. The molecule has 148 valence electrons. The number of fused-ring (bicyclic) bond motifs is 2. The molecule has 7 heteroatoms. The average molecular weight is 400 g/mol. The van der Waals surface area contributed by atoms with Crippen LogP contribution in [0.3, 0.4) is 0 Å². The molecule has 1 unspecified atom stereocenters. The summed E-state index contributed by atoms with van der Waals surface area (Å²) in [4.78, 5) is 17.1. The van der Waals surface area contributed by atoms with E-state index in [-0.39, 0.29) is 5.91 Å². The van der Waals surface area contributed by atoms with E-state index in [0.29, 0.717) is 43.1 Å². The van der Waals surface area contributed by atoms with Crippen molar-refractivity contribution in [2.45, 2.75) is 16.9 Å². The van der Waals surface area contributed by atoms with Crippen molar-refractivity contribution in [3.05, 3.63) is 65.7 Å². The Kier molecular flexibility index (Phi) is 4.77. The van der Waals surface area contributed by atoms with Crippen LogP contribution < -0.4 is 0 Å². The van der Waals surface area contributed by atoms with Crippen molar-refractivity contribution in [3.63, 3.8) is 0 Å². The highest BCUT2D eigenvalue weighted by Crippen LogP contribution is 2.49. The summed E-state index contributed by atoms with van der Waals surface area (Å²) in [7, 11) is 0.287. The van der Waals surface area contributed by atoms with E-state index in [4.69, 9.17) is 0 Å². The van der Waals surface area contributed by atoms with Gasteiger partial charge in [-0.25, -0.2) is 8.42 Å². The van der Waals surface area contributed by atoms with Crippen LogP contribution in [0.1, 0.15) is 22.3 Å². The van der Waals surface area contributed by atoms with Gasteiger partial charge in [-0.3, -0.25) is 4.79 Å². The molecule has 2 aromatic carbocycles. The lowest BCUT2D eigenvalue weighted by Gasteiger charge is -2.34. The van der Waals surface area contributed by atoms with Gasteiger partial charge in [0.05, 0.1) is 10.4 Å². The average Bonchev–Trinajstić information content (AvgIpc) is 3.20. The van der Waals surface area contributed by atoms with E-state index in [9.17, 15) is 13.2 Å². The van der Waals surface area contributed by atoms with Crippen LogP contribution in [0.5, 0.6) is 0 Å². The fourth-order valence-corrected chi connectivity index (χ4v) is 6.39. The normalized spacial score (nSPS) is 23.5. The van der Waals surface area contributed by atoms with Gasteiger partial charge in [-0.15, -0.1) is 0 Å². The Hall–Kier alpha value is -2.22. The topological polar surface area (TPSA) is 60.9 Å². The first-order chi connectivity index (χ1) is 13.4. The molecule has 2 heterocycles. The lowest BCUT2D eigenvalue weighted by molar-refractivity contribution is 0.0762. The predicted molar refractivity (Wildman–Crippen MR) is 108 cm³/mol. The van der Waals surface area contributed by atoms with E-state index in [1.54, 1.807) is 33.5 Å². The Morgan fingerprint density at radius 3 is 2.46 bits per heavy atom. The number of nitrogens with zero attached hydrogens (tertiary/aromatic N) is 3. The monoisotopic (exact) mass is 399 g/mol. The predicted octanol–water partition coefficient (Wildman–Crippen LogP) is 1.99. The number of benzene rings is 2. The van der Waals surface area contributed by atoms with Gasteiger partial charge in [0.2, 0.25) is 10.0 Å².